The summed E-state index contributed by atoms with van der Waals surface area (Å²) in [4.78, 5) is 15.3. The van der Waals surface area contributed by atoms with Gasteiger partial charge in [0, 0.05) is 51.0 Å². The van der Waals surface area contributed by atoms with Gasteiger partial charge in [-0.2, -0.15) is 17.7 Å². The van der Waals surface area contributed by atoms with Crippen LogP contribution in [0.2, 0.25) is 0 Å². The van der Waals surface area contributed by atoms with Crippen molar-refractivity contribution in [1.29, 1.82) is 0 Å². The largest absolute Gasteiger partial charge is 0.416 e. The minimum Gasteiger partial charge on any atom is -0.378 e. The number of aryl methyl sites for hydroxylation is 1. The molecule has 0 radical (unpaired) electrons. The summed E-state index contributed by atoms with van der Waals surface area (Å²) in [6, 6.07) is 6.17. The molecule has 0 spiro atoms. The highest BCUT2D eigenvalue weighted by atomic mass is 19.4. The number of aliphatic imine (C=N–C) groups is 1. The Morgan fingerprint density at radius 1 is 1.13 bits per heavy atom. The Morgan fingerprint density at radius 2 is 1.87 bits per heavy atom. The lowest BCUT2D eigenvalue weighted by Gasteiger charge is -2.28. The van der Waals surface area contributed by atoms with Crippen LogP contribution >= 0.6 is 0 Å². The smallest absolute Gasteiger partial charge is 0.378 e. The SMILES string of the molecule is Cc1nc2c(/N=C/N(C)C)cc(N3CCOCC3)nn2c1Nc1cccc(C(F)(F)F)c1CN1CCCC1. The molecule has 1 aromatic carbocycles. The van der Waals surface area contributed by atoms with Crippen molar-refractivity contribution >= 4 is 35.0 Å². The van der Waals surface area contributed by atoms with E-state index in [1.54, 1.807) is 16.9 Å². The number of imidazole rings is 1. The van der Waals surface area contributed by atoms with Crippen LogP contribution in [0.5, 0.6) is 0 Å². The van der Waals surface area contributed by atoms with Crippen LogP contribution in [0.25, 0.3) is 5.65 Å². The van der Waals surface area contributed by atoms with E-state index in [-0.39, 0.29) is 12.1 Å². The van der Waals surface area contributed by atoms with Crippen LogP contribution in [0, 0.1) is 6.92 Å². The normalized spacial score (nSPS) is 17.2. The van der Waals surface area contributed by atoms with Crippen molar-refractivity contribution in [3.05, 3.63) is 41.1 Å². The molecule has 0 saturated carbocycles. The van der Waals surface area contributed by atoms with E-state index in [0.717, 1.165) is 32.0 Å². The summed E-state index contributed by atoms with van der Waals surface area (Å²) < 4.78 is 49.3. The van der Waals surface area contributed by atoms with Gasteiger partial charge >= 0.3 is 6.18 Å². The molecule has 2 aliphatic heterocycles. The lowest BCUT2D eigenvalue weighted by molar-refractivity contribution is -0.138. The number of morpholine rings is 1. The molecule has 2 fully saturated rings. The second-order valence-electron chi connectivity index (χ2n) is 9.91. The van der Waals surface area contributed by atoms with E-state index in [1.807, 2.05) is 32.0 Å². The number of alkyl halides is 3. The first kappa shape index (κ1) is 26.2. The van der Waals surface area contributed by atoms with Crippen molar-refractivity contribution in [3.8, 4) is 0 Å². The number of ether oxygens (including phenoxy) is 1. The molecule has 0 atom stereocenters. The average Bonchev–Trinajstić information content (AvgIpc) is 3.51. The predicted molar refractivity (Wildman–Crippen MR) is 142 cm³/mol. The average molecular weight is 531 g/mol. The molecule has 2 aliphatic rings. The monoisotopic (exact) mass is 530 g/mol. The number of hydrogen-bond donors (Lipinski definition) is 1. The van der Waals surface area contributed by atoms with Crippen molar-refractivity contribution in [2.24, 2.45) is 4.99 Å². The van der Waals surface area contributed by atoms with Crippen LogP contribution in [0.3, 0.4) is 0 Å². The van der Waals surface area contributed by atoms with Gasteiger partial charge in [-0.15, -0.1) is 5.10 Å². The maximum Gasteiger partial charge on any atom is 0.416 e. The van der Waals surface area contributed by atoms with E-state index < -0.39 is 11.7 Å². The Balaban J connectivity index is 1.61. The van der Waals surface area contributed by atoms with Gasteiger partial charge < -0.3 is 19.9 Å². The predicted octanol–water partition coefficient (Wildman–Crippen LogP) is 4.45. The maximum atomic E-state index is 14.1. The highest BCUT2D eigenvalue weighted by Crippen LogP contribution is 2.38. The summed E-state index contributed by atoms with van der Waals surface area (Å²) in [5, 5.41) is 8.13. The van der Waals surface area contributed by atoms with Crippen molar-refractivity contribution < 1.29 is 17.9 Å². The van der Waals surface area contributed by atoms with Crippen molar-refractivity contribution in [2.75, 3.05) is 63.7 Å². The van der Waals surface area contributed by atoms with Crippen LogP contribution in [0.1, 0.15) is 29.7 Å². The van der Waals surface area contributed by atoms with Crippen LogP contribution in [0.15, 0.2) is 29.3 Å². The highest BCUT2D eigenvalue weighted by molar-refractivity contribution is 5.77. The summed E-state index contributed by atoms with van der Waals surface area (Å²) in [6.45, 7) is 6.16. The quantitative estimate of drug-likeness (QED) is 0.357. The molecule has 3 aromatic rings. The van der Waals surface area contributed by atoms with Gasteiger partial charge in [0.25, 0.3) is 0 Å². The number of likely N-dealkylation sites (tertiary alicyclic amines) is 1. The zero-order valence-electron chi connectivity index (χ0n) is 21.9. The van der Waals surface area contributed by atoms with Gasteiger partial charge in [-0.3, -0.25) is 4.90 Å². The van der Waals surface area contributed by atoms with Crippen molar-refractivity contribution in [3.63, 3.8) is 0 Å². The van der Waals surface area contributed by atoms with Crippen LogP contribution in [0.4, 0.5) is 36.2 Å². The Labute approximate surface area is 219 Å². The van der Waals surface area contributed by atoms with E-state index in [0.29, 0.717) is 60.7 Å². The molecule has 5 rings (SSSR count). The summed E-state index contributed by atoms with van der Waals surface area (Å²) in [5.41, 5.74) is 1.75. The number of nitrogens with zero attached hydrogens (tertiary/aromatic N) is 7. The molecule has 9 nitrogen and oxygen atoms in total. The van der Waals surface area contributed by atoms with E-state index >= 15 is 0 Å². The fourth-order valence-electron chi connectivity index (χ4n) is 4.89. The Morgan fingerprint density at radius 3 is 2.55 bits per heavy atom. The van der Waals surface area contributed by atoms with E-state index in [4.69, 9.17) is 14.8 Å². The standard InChI is InChI=1S/C26H33F3N8O/c1-18-24(32-21-8-6-7-20(26(27,28)29)19(21)16-35-9-4-5-10-35)37-25(31-18)22(30-17-34(2)3)15-23(33-37)36-11-13-38-14-12-36/h6-8,15,17,32H,4-5,9-14,16H2,1-3H3/b30-17+. The Kier molecular flexibility index (Phi) is 7.44. The Bertz CT molecular complexity index is 1310. The molecule has 0 bridgehead atoms. The third-order valence-corrected chi connectivity index (χ3v) is 6.80. The Hall–Kier alpha value is -3.38. The number of hydrogen-bond acceptors (Lipinski definition) is 7. The molecule has 2 saturated heterocycles. The number of benzene rings is 1. The fourth-order valence-corrected chi connectivity index (χ4v) is 4.89. The zero-order chi connectivity index (χ0) is 26.9. The third-order valence-electron chi connectivity index (χ3n) is 6.80. The van der Waals surface area contributed by atoms with Crippen LogP contribution < -0.4 is 10.2 Å². The van der Waals surface area contributed by atoms with Crippen molar-refractivity contribution in [1.82, 2.24) is 24.4 Å². The summed E-state index contributed by atoms with van der Waals surface area (Å²) in [6.07, 6.45) is -0.783. The molecule has 204 valence electrons. The molecule has 0 aliphatic carbocycles. The van der Waals surface area contributed by atoms with Gasteiger partial charge in [-0.1, -0.05) is 6.07 Å². The first-order valence-corrected chi connectivity index (χ1v) is 12.8. The molecule has 0 unspecified atom stereocenters. The molecular formula is C26H33F3N8O. The highest BCUT2D eigenvalue weighted by Gasteiger charge is 2.35. The molecular weight excluding hydrogens is 497 g/mol. The minimum absolute atomic E-state index is 0.221. The number of aromatic nitrogens is 3. The number of anilines is 3. The second-order valence-corrected chi connectivity index (χ2v) is 9.91. The molecule has 38 heavy (non-hydrogen) atoms. The van der Waals surface area contributed by atoms with Gasteiger partial charge in [0.05, 0.1) is 30.8 Å². The van der Waals surface area contributed by atoms with Gasteiger partial charge in [0.2, 0.25) is 0 Å². The van der Waals surface area contributed by atoms with Gasteiger partial charge in [-0.05, 0) is 45.0 Å². The number of rotatable bonds is 7. The fraction of sp³-hybridized carbons (Fsp3) is 0.500. The molecule has 12 heteroatoms. The molecule has 1 N–H and O–H groups in total. The number of fused-ring (bicyclic) bond motifs is 1. The second kappa shape index (κ2) is 10.8. The van der Waals surface area contributed by atoms with E-state index in [1.165, 1.54) is 6.07 Å². The summed E-state index contributed by atoms with van der Waals surface area (Å²) >= 11 is 0. The number of halogens is 3. The first-order chi connectivity index (χ1) is 18.2. The minimum atomic E-state index is -4.46. The van der Waals surface area contributed by atoms with Crippen LogP contribution in [-0.4, -0.2) is 84.2 Å². The third kappa shape index (κ3) is 5.56. The van der Waals surface area contributed by atoms with Crippen molar-refractivity contribution in [2.45, 2.75) is 32.5 Å². The summed E-state index contributed by atoms with van der Waals surface area (Å²) in [5.74, 6) is 1.21. The van der Waals surface area contributed by atoms with Crippen LogP contribution in [-0.2, 0) is 17.5 Å². The first-order valence-electron chi connectivity index (χ1n) is 12.8. The van der Waals surface area contributed by atoms with Gasteiger partial charge in [-0.25, -0.2) is 9.98 Å². The lowest BCUT2D eigenvalue weighted by Crippen LogP contribution is -2.37. The van der Waals surface area contributed by atoms with Gasteiger partial charge in [0.15, 0.2) is 17.3 Å². The van der Waals surface area contributed by atoms with E-state index in [9.17, 15) is 13.2 Å². The van der Waals surface area contributed by atoms with E-state index in [2.05, 4.69) is 20.1 Å². The molecule has 2 aromatic heterocycles. The van der Waals surface area contributed by atoms with Gasteiger partial charge in [0.1, 0.15) is 5.69 Å². The molecule has 0 amide bonds. The number of nitrogens with one attached hydrogen (secondary N) is 1. The molecule has 4 heterocycles. The topological polar surface area (TPSA) is 73.5 Å². The maximum absolute atomic E-state index is 14.1. The zero-order valence-corrected chi connectivity index (χ0v) is 21.9. The summed E-state index contributed by atoms with van der Waals surface area (Å²) in [7, 11) is 3.76. The lowest BCUT2D eigenvalue weighted by atomic mass is 10.0.